The van der Waals surface area contributed by atoms with E-state index in [-0.39, 0.29) is 5.91 Å². The molecular weight excluding hydrogens is 439 g/mol. The van der Waals surface area contributed by atoms with E-state index in [4.69, 9.17) is 23.2 Å². The maximum atomic E-state index is 13.6. The number of benzene rings is 2. The van der Waals surface area contributed by atoms with Crippen LogP contribution in [0, 0.1) is 5.92 Å². The van der Waals surface area contributed by atoms with Crippen molar-refractivity contribution in [2.75, 3.05) is 26.2 Å². The zero-order valence-electron chi connectivity index (χ0n) is 19.0. The van der Waals surface area contributed by atoms with Crippen molar-refractivity contribution in [3.05, 3.63) is 75.3 Å². The van der Waals surface area contributed by atoms with Crippen LogP contribution < -0.4 is 5.32 Å². The molecule has 0 aromatic heterocycles. The van der Waals surface area contributed by atoms with Crippen LogP contribution in [0.25, 0.3) is 6.08 Å². The first-order chi connectivity index (χ1) is 15.6. The van der Waals surface area contributed by atoms with Gasteiger partial charge in [-0.1, -0.05) is 84.9 Å². The summed E-state index contributed by atoms with van der Waals surface area (Å²) in [5.41, 5.74) is 2.99. The minimum Gasteiger partial charge on any atom is -0.334 e. The van der Waals surface area contributed by atoms with Gasteiger partial charge in [-0.05, 0) is 68.5 Å². The number of hydrogen-bond donors (Lipinski definition) is 1. The van der Waals surface area contributed by atoms with Gasteiger partial charge < -0.3 is 10.2 Å². The Hall–Kier alpha value is -1.81. The first kappa shape index (κ1) is 24.8. The Morgan fingerprint density at radius 3 is 2.53 bits per heavy atom. The van der Waals surface area contributed by atoms with E-state index >= 15 is 0 Å². The molecule has 0 bridgehead atoms. The first-order valence-electron chi connectivity index (χ1n) is 11.8. The van der Waals surface area contributed by atoms with Crippen molar-refractivity contribution >= 4 is 35.2 Å². The van der Waals surface area contributed by atoms with Gasteiger partial charge in [0, 0.05) is 18.1 Å². The van der Waals surface area contributed by atoms with Gasteiger partial charge in [-0.15, -0.1) is 0 Å². The molecule has 0 atom stereocenters. The first-order valence-corrected chi connectivity index (χ1v) is 12.5. The minimum absolute atomic E-state index is 0.0142. The van der Waals surface area contributed by atoms with Crippen molar-refractivity contribution in [3.8, 4) is 0 Å². The fourth-order valence-corrected chi connectivity index (χ4v) is 4.75. The Morgan fingerprint density at radius 1 is 1.09 bits per heavy atom. The van der Waals surface area contributed by atoms with Crippen LogP contribution in [0.15, 0.2) is 54.1 Å². The van der Waals surface area contributed by atoms with E-state index in [2.05, 4.69) is 42.6 Å². The second kappa shape index (κ2) is 13.0. The number of carbonyl (C=O) groups is 1. The van der Waals surface area contributed by atoms with Gasteiger partial charge in [-0.3, -0.25) is 4.79 Å². The molecule has 3 rings (SSSR count). The predicted molar refractivity (Wildman–Crippen MR) is 137 cm³/mol. The second-order valence-corrected chi connectivity index (χ2v) is 9.52. The van der Waals surface area contributed by atoms with Crippen LogP contribution >= 0.6 is 23.2 Å². The molecule has 1 N–H and O–H groups in total. The molecule has 1 fully saturated rings. The van der Waals surface area contributed by atoms with Gasteiger partial charge in [0.05, 0.1) is 10.6 Å². The van der Waals surface area contributed by atoms with Gasteiger partial charge >= 0.3 is 0 Å². The van der Waals surface area contributed by atoms with Crippen LogP contribution in [-0.4, -0.2) is 37.0 Å². The molecule has 3 nitrogen and oxygen atoms in total. The zero-order chi connectivity index (χ0) is 22.8. The van der Waals surface area contributed by atoms with Crippen molar-refractivity contribution in [3.63, 3.8) is 0 Å². The van der Waals surface area contributed by atoms with Crippen molar-refractivity contribution < 1.29 is 4.79 Å². The lowest BCUT2D eigenvalue weighted by Gasteiger charge is -2.31. The number of nitrogens with zero attached hydrogens (tertiary/aromatic N) is 1. The molecule has 32 heavy (non-hydrogen) atoms. The van der Waals surface area contributed by atoms with Gasteiger partial charge in [0.15, 0.2) is 0 Å². The van der Waals surface area contributed by atoms with Gasteiger partial charge in [-0.25, -0.2) is 0 Å². The topological polar surface area (TPSA) is 32.3 Å². The SMILES string of the molecule is CCCCCC(=Cc1ccccc1)CN(CC1CCNCC1)C(=O)c1ccc(Cl)cc1Cl. The summed E-state index contributed by atoms with van der Waals surface area (Å²) in [7, 11) is 0. The molecule has 1 aliphatic rings. The number of piperidine rings is 1. The summed E-state index contributed by atoms with van der Waals surface area (Å²) in [6, 6.07) is 15.5. The number of carbonyl (C=O) groups excluding carboxylic acids is 1. The fourth-order valence-electron chi connectivity index (χ4n) is 4.26. The van der Waals surface area contributed by atoms with Crippen LogP contribution in [0.5, 0.6) is 0 Å². The van der Waals surface area contributed by atoms with Crippen LogP contribution in [0.1, 0.15) is 61.4 Å². The van der Waals surface area contributed by atoms with Crippen molar-refractivity contribution in [2.45, 2.75) is 45.4 Å². The summed E-state index contributed by atoms with van der Waals surface area (Å²) in [5.74, 6) is 0.486. The summed E-state index contributed by atoms with van der Waals surface area (Å²) in [5, 5.41) is 4.38. The molecule has 1 aliphatic heterocycles. The third-order valence-electron chi connectivity index (χ3n) is 6.05. The Kier molecular flexibility index (Phi) is 10.1. The van der Waals surface area contributed by atoms with Gasteiger partial charge in [0.1, 0.15) is 0 Å². The molecule has 5 heteroatoms. The number of halogens is 2. The summed E-state index contributed by atoms with van der Waals surface area (Å²) >= 11 is 12.5. The molecule has 0 unspecified atom stereocenters. The molecule has 0 saturated carbocycles. The normalized spacial score (nSPS) is 15.0. The van der Waals surface area contributed by atoms with E-state index in [1.807, 2.05) is 11.0 Å². The highest BCUT2D eigenvalue weighted by molar-refractivity contribution is 6.36. The molecule has 1 heterocycles. The maximum Gasteiger partial charge on any atom is 0.255 e. The Morgan fingerprint density at radius 2 is 1.84 bits per heavy atom. The second-order valence-electron chi connectivity index (χ2n) is 8.67. The number of rotatable bonds is 10. The minimum atomic E-state index is -0.0142. The van der Waals surface area contributed by atoms with E-state index in [1.165, 1.54) is 24.0 Å². The van der Waals surface area contributed by atoms with E-state index in [9.17, 15) is 4.79 Å². The lowest BCUT2D eigenvalue weighted by Crippen LogP contribution is -2.40. The highest BCUT2D eigenvalue weighted by atomic mass is 35.5. The third kappa shape index (κ3) is 7.65. The van der Waals surface area contributed by atoms with Crippen molar-refractivity contribution in [1.82, 2.24) is 10.2 Å². The van der Waals surface area contributed by atoms with Crippen LogP contribution in [0.2, 0.25) is 10.0 Å². The molecule has 2 aromatic rings. The summed E-state index contributed by atoms with van der Waals surface area (Å²) < 4.78 is 0. The zero-order valence-corrected chi connectivity index (χ0v) is 20.5. The van der Waals surface area contributed by atoms with Gasteiger partial charge in [0.2, 0.25) is 0 Å². The quantitative estimate of drug-likeness (QED) is 0.373. The van der Waals surface area contributed by atoms with E-state index in [1.54, 1.807) is 18.2 Å². The Bertz CT molecular complexity index is 892. The predicted octanol–water partition coefficient (Wildman–Crippen LogP) is 7.10. The van der Waals surface area contributed by atoms with Crippen molar-refractivity contribution in [2.24, 2.45) is 5.92 Å². The Labute approximate surface area is 202 Å². The number of hydrogen-bond acceptors (Lipinski definition) is 2. The van der Waals surface area contributed by atoms with E-state index in [0.717, 1.165) is 45.3 Å². The molecular formula is C27H34Cl2N2O. The summed E-state index contributed by atoms with van der Waals surface area (Å²) in [6.45, 7) is 5.62. The highest BCUT2D eigenvalue weighted by Gasteiger charge is 2.24. The van der Waals surface area contributed by atoms with Crippen molar-refractivity contribution in [1.29, 1.82) is 0 Å². The average Bonchev–Trinajstić information content (AvgIpc) is 2.80. The lowest BCUT2D eigenvalue weighted by molar-refractivity contribution is 0.0732. The monoisotopic (exact) mass is 472 g/mol. The van der Waals surface area contributed by atoms with Gasteiger partial charge in [0.25, 0.3) is 5.91 Å². The smallest absolute Gasteiger partial charge is 0.255 e. The molecule has 1 saturated heterocycles. The van der Waals surface area contributed by atoms with Crippen LogP contribution in [0.4, 0.5) is 0 Å². The molecule has 0 radical (unpaired) electrons. The molecule has 0 aliphatic carbocycles. The number of amides is 1. The average molecular weight is 473 g/mol. The van der Waals surface area contributed by atoms with Gasteiger partial charge in [-0.2, -0.15) is 0 Å². The molecule has 1 amide bonds. The third-order valence-corrected chi connectivity index (χ3v) is 6.60. The number of unbranched alkanes of at least 4 members (excludes halogenated alkanes) is 2. The summed E-state index contributed by atoms with van der Waals surface area (Å²) in [6.07, 6.45) is 8.92. The highest BCUT2D eigenvalue weighted by Crippen LogP contribution is 2.25. The molecule has 0 spiro atoms. The van der Waals surface area contributed by atoms with E-state index in [0.29, 0.717) is 28.1 Å². The van der Waals surface area contributed by atoms with Crippen LogP contribution in [-0.2, 0) is 0 Å². The summed E-state index contributed by atoms with van der Waals surface area (Å²) in [4.78, 5) is 15.6. The van der Waals surface area contributed by atoms with E-state index < -0.39 is 0 Å². The Balaban J connectivity index is 1.86. The fraction of sp³-hybridized carbons (Fsp3) is 0.444. The standard InChI is InChI=1S/C27H34Cl2N2O/c1-2-3-5-10-23(17-21-8-6-4-7-9-21)20-31(19-22-13-15-30-16-14-22)27(32)25-12-11-24(28)18-26(25)29/h4,6-9,11-12,17-18,22,30H,2-3,5,10,13-16,19-20H2,1H3. The maximum absolute atomic E-state index is 13.6. The largest absolute Gasteiger partial charge is 0.334 e. The van der Waals surface area contributed by atoms with Crippen LogP contribution in [0.3, 0.4) is 0 Å². The lowest BCUT2D eigenvalue weighted by atomic mass is 9.96. The molecule has 172 valence electrons. The number of nitrogens with one attached hydrogen (secondary N) is 1. The molecule has 2 aromatic carbocycles.